The molecule has 4 aromatic rings. The summed E-state index contributed by atoms with van der Waals surface area (Å²) in [5, 5.41) is 4.47. The summed E-state index contributed by atoms with van der Waals surface area (Å²) in [5.41, 5.74) is 13.2. The van der Waals surface area contributed by atoms with Crippen LogP contribution in [0.2, 0.25) is 0 Å². The second-order valence-electron chi connectivity index (χ2n) is 5.91. The van der Waals surface area contributed by atoms with Crippen molar-refractivity contribution in [3.8, 4) is 17.1 Å². The second-order valence-corrected chi connectivity index (χ2v) is 6.97. The van der Waals surface area contributed by atoms with Crippen molar-refractivity contribution in [2.75, 3.05) is 12.3 Å². The number of halogens is 1. The maximum atomic E-state index is 12.7. The molecule has 4 N–H and O–H groups in total. The van der Waals surface area contributed by atoms with E-state index in [1.165, 1.54) is 28.4 Å². The van der Waals surface area contributed by atoms with E-state index in [9.17, 15) is 9.18 Å². The van der Waals surface area contributed by atoms with E-state index < -0.39 is 5.69 Å². The fraction of sp³-hybridized carbons (Fsp3) is 0.118. The Labute approximate surface area is 161 Å². The van der Waals surface area contributed by atoms with Gasteiger partial charge in [-0.05, 0) is 17.7 Å². The largest absolute Gasteiger partial charge is 0.375 e. The lowest BCUT2D eigenvalue weighted by Crippen LogP contribution is -2.26. The molecular weight excluding hydrogens is 383 g/mol. The molecule has 9 nitrogen and oxygen atoms in total. The van der Waals surface area contributed by atoms with Gasteiger partial charge in [0.05, 0.1) is 41.2 Å². The normalized spacial score (nSPS) is 12.0. The molecule has 0 bridgehead atoms. The molecule has 0 atom stereocenters. The SMILES string of the molecule is NC/C(=C\F)Cn1ncn(-c2cnc(-c3ccc4sc(N)nc4c3)cn2)c1=O. The van der Waals surface area contributed by atoms with E-state index in [0.29, 0.717) is 23.0 Å². The molecule has 28 heavy (non-hydrogen) atoms. The van der Waals surface area contributed by atoms with Gasteiger partial charge in [0.2, 0.25) is 0 Å². The van der Waals surface area contributed by atoms with Crippen LogP contribution in [-0.2, 0) is 6.54 Å². The summed E-state index contributed by atoms with van der Waals surface area (Å²) in [6, 6.07) is 5.72. The van der Waals surface area contributed by atoms with Crippen molar-refractivity contribution in [1.29, 1.82) is 0 Å². The van der Waals surface area contributed by atoms with E-state index in [2.05, 4.69) is 20.1 Å². The molecule has 11 heteroatoms. The highest BCUT2D eigenvalue weighted by atomic mass is 32.1. The van der Waals surface area contributed by atoms with Crippen LogP contribution >= 0.6 is 11.3 Å². The van der Waals surface area contributed by atoms with Crippen LogP contribution in [0, 0.1) is 0 Å². The molecule has 0 aliphatic heterocycles. The standard InChI is InChI=1S/C17H15FN8OS/c18-4-10(5-19)8-26-17(27)25(9-23-26)15-7-21-13(6-22-15)11-1-2-14-12(3-11)24-16(20)28-14/h1-4,6-7,9H,5,8,19H2,(H2,20,24)/b10-4+. The smallest absolute Gasteiger partial charge is 0.351 e. The van der Waals surface area contributed by atoms with Crippen LogP contribution in [0.25, 0.3) is 27.3 Å². The number of aromatic nitrogens is 6. The lowest BCUT2D eigenvalue weighted by Gasteiger charge is -2.03. The number of thiazole rings is 1. The minimum atomic E-state index is -0.464. The Morgan fingerprint density at radius 1 is 1.29 bits per heavy atom. The van der Waals surface area contributed by atoms with Crippen molar-refractivity contribution in [2.45, 2.75) is 6.54 Å². The van der Waals surface area contributed by atoms with Crippen LogP contribution < -0.4 is 17.2 Å². The highest BCUT2D eigenvalue weighted by Gasteiger charge is 2.11. The van der Waals surface area contributed by atoms with Crippen molar-refractivity contribution in [2.24, 2.45) is 5.73 Å². The van der Waals surface area contributed by atoms with E-state index >= 15 is 0 Å². The van der Waals surface area contributed by atoms with Gasteiger partial charge >= 0.3 is 5.69 Å². The predicted octanol–water partition coefficient (Wildman–Crippen LogP) is 1.49. The topological polar surface area (TPSA) is 131 Å². The van der Waals surface area contributed by atoms with Gasteiger partial charge in [-0.15, -0.1) is 0 Å². The summed E-state index contributed by atoms with van der Waals surface area (Å²) >= 11 is 1.41. The molecule has 0 aliphatic rings. The maximum absolute atomic E-state index is 12.7. The Bertz CT molecular complexity index is 1220. The first-order valence-corrected chi connectivity index (χ1v) is 9.02. The molecule has 0 radical (unpaired) electrons. The third kappa shape index (κ3) is 3.28. The van der Waals surface area contributed by atoms with Crippen LogP contribution in [0.4, 0.5) is 9.52 Å². The molecule has 0 amide bonds. The van der Waals surface area contributed by atoms with Gasteiger partial charge in [-0.3, -0.25) is 4.98 Å². The number of rotatable bonds is 5. The molecule has 0 spiro atoms. The number of anilines is 1. The van der Waals surface area contributed by atoms with Crippen molar-refractivity contribution < 1.29 is 4.39 Å². The fourth-order valence-corrected chi connectivity index (χ4v) is 3.35. The molecule has 0 saturated heterocycles. The van der Waals surface area contributed by atoms with E-state index in [0.717, 1.165) is 20.5 Å². The molecule has 1 aromatic carbocycles. The molecule has 142 valence electrons. The first kappa shape index (κ1) is 17.9. The monoisotopic (exact) mass is 398 g/mol. The van der Waals surface area contributed by atoms with Gasteiger partial charge in [-0.25, -0.2) is 28.4 Å². The number of nitrogens with zero attached hydrogens (tertiary/aromatic N) is 6. The van der Waals surface area contributed by atoms with Crippen LogP contribution in [-0.4, -0.2) is 35.8 Å². The van der Waals surface area contributed by atoms with Crippen molar-refractivity contribution in [1.82, 2.24) is 29.3 Å². The van der Waals surface area contributed by atoms with Gasteiger partial charge in [0.1, 0.15) is 6.33 Å². The van der Waals surface area contributed by atoms with Crippen LogP contribution in [0.3, 0.4) is 0 Å². The van der Waals surface area contributed by atoms with Gasteiger partial charge in [0.15, 0.2) is 10.9 Å². The number of hydrogen-bond donors (Lipinski definition) is 2. The van der Waals surface area contributed by atoms with Crippen LogP contribution in [0.1, 0.15) is 0 Å². The lowest BCUT2D eigenvalue weighted by atomic mass is 10.1. The number of nitrogens with two attached hydrogens (primary N) is 2. The molecular formula is C17H15FN8OS. The molecule has 3 aromatic heterocycles. The molecule has 0 aliphatic carbocycles. The third-order valence-corrected chi connectivity index (χ3v) is 4.95. The van der Waals surface area contributed by atoms with E-state index in [4.69, 9.17) is 11.5 Å². The van der Waals surface area contributed by atoms with Gasteiger partial charge in [-0.1, -0.05) is 17.4 Å². The molecule has 0 saturated carbocycles. The van der Waals surface area contributed by atoms with E-state index in [1.807, 2.05) is 18.2 Å². The maximum Gasteiger partial charge on any atom is 0.351 e. The third-order valence-electron chi connectivity index (χ3n) is 4.09. The summed E-state index contributed by atoms with van der Waals surface area (Å²) < 4.78 is 16.0. The molecule has 0 unspecified atom stereocenters. The Morgan fingerprint density at radius 3 is 2.86 bits per heavy atom. The first-order valence-electron chi connectivity index (χ1n) is 8.20. The highest BCUT2D eigenvalue weighted by Crippen LogP contribution is 2.27. The number of benzene rings is 1. The number of hydrogen-bond acceptors (Lipinski definition) is 8. The first-order chi connectivity index (χ1) is 13.6. The van der Waals surface area contributed by atoms with Gasteiger partial charge < -0.3 is 11.5 Å². The molecule has 0 fully saturated rings. The average molecular weight is 398 g/mol. The zero-order valence-corrected chi connectivity index (χ0v) is 15.3. The average Bonchev–Trinajstić information content (AvgIpc) is 3.27. The van der Waals surface area contributed by atoms with Crippen molar-refractivity contribution in [3.05, 3.63) is 59.3 Å². The van der Waals surface area contributed by atoms with Gasteiger partial charge in [0, 0.05) is 12.1 Å². The zero-order chi connectivity index (χ0) is 19.7. The summed E-state index contributed by atoms with van der Waals surface area (Å²) in [6.45, 7) is -0.0274. The second kappa shape index (κ2) is 7.29. The highest BCUT2D eigenvalue weighted by molar-refractivity contribution is 7.22. The van der Waals surface area contributed by atoms with Crippen LogP contribution in [0.5, 0.6) is 0 Å². The summed E-state index contributed by atoms with van der Waals surface area (Å²) in [6.07, 6.45) is 4.72. The predicted molar refractivity (Wildman–Crippen MR) is 105 cm³/mol. The summed E-state index contributed by atoms with van der Waals surface area (Å²) in [4.78, 5) is 25.4. The summed E-state index contributed by atoms with van der Waals surface area (Å²) in [7, 11) is 0. The minimum Gasteiger partial charge on any atom is -0.375 e. The van der Waals surface area contributed by atoms with Crippen molar-refractivity contribution >= 4 is 26.7 Å². The Balaban J connectivity index is 1.62. The lowest BCUT2D eigenvalue weighted by molar-refractivity contribution is 0.612. The minimum absolute atomic E-state index is 0.000712. The van der Waals surface area contributed by atoms with Crippen LogP contribution in [0.15, 0.2) is 53.6 Å². The number of nitrogen functional groups attached to an aromatic ring is 1. The van der Waals surface area contributed by atoms with Gasteiger partial charge in [0.25, 0.3) is 0 Å². The van der Waals surface area contributed by atoms with Gasteiger partial charge in [-0.2, -0.15) is 5.10 Å². The Kier molecular flexibility index (Phi) is 4.67. The van der Waals surface area contributed by atoms with E-state index in [1.54, 1.807) is 6.20 Å². The quantitative estimate of drug-likeness (QED) is 0.521. The zero-order valence-electron chi connectivity index (χ0n) is 14.5. The van der Waals surface area contributed by atoms with Crippen molar-refractivity contribution in [3.63, 3.8) is 0 Å². The Morgan fingerprint density at radius 2 is 2.14 bits per heavy atom. The summed E-state index contributed by atoms with van der Waals surface area (Å²) in [5.74, 6) is 0.303. The molecule has 4 rings (SSSR count). The number of fused-ring (bicyclic) bond motifs is 1. The Hall–Kier alpha value is -3.44. The van der Waals surface area contributed by atoms with E-state index in [-0.39, 0.29) is 18.7 Å². The fourth-order valence-electron chi connectivity index (χ4n) is 2.64. The molecule has 3 heterocycles.